The summed E-state index contributed by atoms with van der Waals surface area (Å²) >= 11 is 0. The minimum atomic E-state index is -5.00. The number of halogens is 4. The Bertz CT molecular complexity index is 1040. The molecule has 3 aromatic rings. The smallest absolute Gasteiger partial charge is 0.277 e. The molecular weight excluding hydrogens is 360 g/mol. The summed E-state index contributed by atoms with van der Waals surface area (Å²) in [5.74, 6) is -1.54. The van der Waals surface area contributed by atoms with Gasteiger partial charge in [-0.2, -0.15) is 13.2 Å². The summed E-state index contributed by atoms with van der Waals surface area (Å²) < 4.78 is 78.7. The number of fused-ring (bicyclic) bond motifs is 1. The van der Waals surface area contributed by atoms with Gasteiger partial charge in [-0.05, 0) is 30.3 Å². The number of benzene rings is 2. The summed E-state index contributed by atoms with van der Waals surface area (Å²) in [6, 6.07) is 9.59. The molecule has 0 aliphatic heterocycles. The molecule has 3 rings (SSSR count). The fourth-order valence-electron chi connectivity index (χ4n) is 2.28. The molecule has 130 valence electrons. The van der Waals surface area contributed by atoms with Gasteiger partial charge in [0.25, 0.3) is 10.0 Å². The van der Waals surface area contributed by atoms with Gasteiger partial charge in [-0.1, -0.05) is 18.2 Å². The summed E-state index contributed by atoms with van der Waals surface area (Å²) in [6.07, 6.45) is -3.55. The molecule has 1 aromatic heterocycles. The van der Waals surface area contributed by atoms with E-state index in [-0.39, 0.29) is 11.8 Å². The SMILES string of the molecule is O=S(=O)(Nc1cccc2cccnc12)c1ccc(F)c(C(F)(F)F)c1. The summed E-state index contributed by atoms with van der Waals surface area (Å²) in [7, 11) is -4.36. The zero-order chi connectivity index (χ0) is 18.2. The van der Waals surface area contributed by atoms with Gasteiger partial charge in [0, 0.05) is 11.6 Å². The summed E-state index contributed by atoms with van der Waals surface area (Å²) in [5.41, 5.74) is -1.20. The van der Waals surface area contributed by atoms with E-state index >= 15 is 0 Å². The number of nitrogens with zero attached hydrogens (tertiary/aromatic N) is 1. The standard InChI is InChI=1S/C16H10F4N2O2S/c17-13-7-6-11(9-12(13)16(18,19)20)25(23,24)22-14-5-1-3-10-4-2-8-21-15(10)14/h1-9,22H. The summed E-state index contributed by atoms with van der Waals surface area (Å²) in [6.45, 7) is 0. The molecule has 0 spiro atoms. The Balaban J connectivity index is 2.05. The fourth-order valence-corrected chi connectivity index (χ4v) is 3.37. The van der Waals surface area contributed by atoms with Gasteiger partial charge in [-0.3, -0.25) is 9.71 Å². The maximum absolute atomic E-state index is 13.3. The normalized spacial score (nSPS) is 12.3. The van der Waals surface area contributed by atoms with Crippen molar-refractivity contribution in [3.8, 4) is 0 Å². The van der Waals surface area contributed by atoms with Crippen molar-refractivity contribution in [2.24, 2.45) is 0 Å². The number of pyridine rings is 1. The predicted molar refractivity (Wildman–Crippen MR) is 84.0 cm³/mol. The largest absolute Gasteiger partial charge is 0.419 e. The summed E-state index contributed by atoms with van der Waals surface area (Å²) in [5, 5.41) is 0.651. The Morgan fingerprint density at radius 3 is 2.44 bits per heavy atom. The first kappa shape index (κ1) is 17.2. The number of nitrogens with one attached hydrogen (secondary N) is 1. The molecule has 1 heterocycles. The lowest BCUT2D eigenvalue weighted by Gasteiger charge is -2.13. The first-order chi connectivity index (χ1) is 11.7. The molecule has 0 saturated carbocycles. The van der Waals surface area contributed by atoms with Gasteiger partial charge in [0.15, 0.2) is 0 Å². The molecule has 0 radical (unpaired) electrons. The van der Waals surface area contributed by atoms with Crippen LogP contribution in [0.4, 0.5) is 23.2 Å². The number of anilines is 1. The molecule has 0 aliphatic rings. The molecule has 0 aliphatic carbocycles. The van der Waals surface area contributed by atoms with Gasteiger partial charge in [0.1, 0.15) is 5.82 Å². The molecule has 0 amide bonds. The first-order valence-electron chi connectivity index (χ1n) is 6.92. The lowest BCUT2D eigenvalue weighted by molar-refractivity contribution is -0.140. The van der Waals surface area contributed by atoms with Gasteiger partial charge >= 0.3 is 6.18 Å². The highest BCUT2D eigenvalue weighted by molar-refractivity contribution is 7.92. The number of hydrogen-bond donors (Lipinski definition) is 1. The number of hydrogen-bond acceptors (Lipinski definition) is 3. The van der Waals surface area contributed by atoms with Crippen molar-refractivity contribution in [1.82, 2.24) is 4.98 Å². The molecule has 1 N–H and O–H groups in total. The van der Waals surface area contributed by atoms with Crippen LogP contribution in [0.3, 0.4) is 0 Å². The van der Waals surface area contributed by atoms with Gasteiger partial charge in [-0.15, -0.1) is 0 Å². The highest BCUT2D eigenvalue weighted by Crippen LogP contribution is 2.33. The van der Waals surface area contributed by atoms with Crippen molar-refractivity contribution < 1.29 is 26.0 Å². The van der Waals surface area contributed by atoms with Gasteiger partial charge in [0.05, 0.1) is 21.7 Å². The second kappa shape index (κ2) is 5.99. The Morgan fingerprint density at radius 2 is 1.72 bits per heavy atom. The average Bonchev–Trinajstić information content (AvgIpc) is 2.54. The molecule has 25 heavy (non-hydrogen) atoms. The Labute approximate surface area is 140 Å². The van der Waals surface area contributed by atoms with Crippen LogP contribution < -0.4 is 4.72 Å². The third kappa shape index (κ3) is 3.41. The van der Waals surface area contributed by atoms with Crippen LogP contribution in [0.5, 0.6) is 0 Å². The number of aromatic nitrogens is 1. The minimum absolute atomic E-state index is 0.107. The van der Waals surface area contributed by atoms with Crippen molar-refractivity contribution in [2.75, 3.05) is 4.72 Å². The van der Waals surface area contributed by atoms with E-state index in [1.807, 2.05) is 0 Å². The topological polar surface area (TPSA) is 59.1 Å². The van der Waals surface area contributed by atoms with Crippen molar-refractivity contribution in [3.63, 3.8) is 0 Å². The number of para-hydroxylation sites is 1. The maximum Gasteiger partial charge on any atom is 0.419 e. The molecule has 0 bridgehead atoms. The van der Waals surface area contributed by atoms with Crippen molar-refractivity contribution in [2.45, 2.75) is 11.1 Å². The number of sulfonamides is 1. The van der Waals surface area contributed by atoms with Crippen molar-refractivity contribution >= 4 is 26.6 Å². The second-order valence-corrected chi connectivity index (χ2v) is 6.81. The van der Waals surface area contributed by atoms with Crippen LogP contribution in [0, 0.1) is 5.82 Å². The Kier molecular flexibility index (Phi) is 4.11. The number of alkyl halides is 3. The molecule has 0 fully saturated rings. The van der Waals surface area contributed by atoms with E-state index in [4.69, 9.17) is 0 Å². The monoisotopic (exact) mass is 370 g/mol. The van der Waals surface area contributed by atoms with Crippen molar-refractivity contribution in [3.05, 3.63) is 66.1 Å². The van der Waals surface area contributed by atoms with Crippen LogP contribution in [0.25, 0.3) is 10.9 Å². The zero-order valence-corrected chi connectivity index (χ0v) is 13.2. The van der Waals surface area contributed by atoms with Gasteiger partial charge in [0.2, 0.25) is 0 Å². The van der Waals surface area contributed by atoms with Crippen molar-refractivity contribution in [1.29, 1.82) is 0 Å². The quantitative estimate of drug-likeness (QED) is 0.703. The van der Waals surface area contributed by atoms with Gasteiger partial charge < -0.3 is 0 Å². The molecule has 9 heteroatoms. The Hall–Kier alpha value is -2.68. The minimum Gasteiger partial charge on any atom is -0.277 e. The van der Waals surface area contributed by atoms with Crippen LogP contribution >= 0.6 is 0 Å². The molecule has 0 unspecified atom stereocenters. The highest BCUT2D eigenvalue weighted by atomic mass is 32.2. The van der Waals surface area contributed by atoms with Crippen LogP contribution in [-0.2, 0) is 16.2 Å². The first-order valence-corrected chi connectivity index (χ1v) is 8.40. The average molecular weight is 370 g/mol. The summed E-state index contributed by atoms with van der Waals surface area (Å²) in [4.78, 5) is 3.36. The van der Waals surface area contributed by atoms with Crippen LogP contribution in [0.1, 0.15) is 5.56 Å². The molecule has 2 aromatic carbocycles. The lowest BCUT2D eigenvalue weighted by Crippen LogP contribution is -2.16. The fraction of sp³-hybridized carbons (Fsp3) is 0.0625. The molecular formula is C16H10F4N2O2S. The molecule has 0 atom stereocenters. The van der Waals surface area contributed by atoms with E-state index in [1.54, 1.807) is 24.3 Å². The van der Waals surface area contributed by atoms with Crippen LogP contribution in [0.15, 0.2) is 59.6 Å². The van der Waals surface area contributed by atoms with E-state index in [0.717, 1.165) is 6.07 Å². The lowest BCUT2D eigenvalue weighted by atomic mass is 10.2. The van der Waals surface area contributed by atoms with E-state index in [2.05, 4.69) is 9.71 Å². The highest BCUT2D eigenvalue weighted by Gasteiger charge is 2.35. The zero-order valence-electron chi connectivity index (χ0n) is 12.4. The van der Waals surface area contributed by atoms with E-state index < -0.39 is 32.5 Å². The van der Waals surface area contributed by atoms with E-state index in [9.17, 15) is 26.0 Å². The maximum atomic E-state index is 13.3. The molecule has 4 nitrogen and oxygen atoms in total. The van der Waals surface area contributed by atoms with Crippen LogP contribution in [-0.4, -0.2) is 13.4 Å². The predicted octanol–water partition coefficient (Wildman–Crippen LogP) is 4.19. The number of rotatable bonds is 3. The Morgan fingerprint density at radius 1 is 1.00 bits per heavy atom. The third-order valence-electron chi connectivity index (χ3n) is 3.43. The van der Waals surface area contributed by atoms with Gasteiger partial charge in [-0.25, -0.2) is 12.8 Å². The van der Waals surface area contributed by atoms with Crippen LogP contribution in [0.2, 0.25) is 0 Å². The second-order valence-electron chi connectivity index (χ2n) is 5.13. The molecule has 0 saturated heterocycles. The van der Waals surface area contributed by atoms with E-state index in [0.29, 0.717) is 17.0 Å². The third-order valence-corrected chi connectivity index (χ3v) is 4.79. The van der Waals surface area contributed by atoms with E-state index in [1.165, 1.54) is 12.3 Å².